The summed E-state index contributed by atoms with van der Waals surface area (Å²) in [6, 6.07) is 6.29. The molecule has 1 unspecified atom stereocenters. The van der Waals surface area contributed by atoms with Gasteiger partial charge in [0.25, 0.3) is 0 Å². The Morgan fingerprint density at radius 3 is 2.76 bits per heavy atom. The second-order valence-electron chi connectivity index (χ2n) is 5.23. The predicted octanol–water partition coefficient (Wildman–Crippen LogP) is 1.59. The molecule has 10 heteroatoms. The molecule has 132 valence electrons. The lowest BCUT2D eigenvalue weighted by Crippen LogP contribution is -2.22. The Balaban J connectivity index is 2.00. The molecule has 0 bridgehead atoms. The molecule has 0 saturated carbocycles. The van der Waals surface area contributed by atoms with E-state index in [4.69, 9.17) is 16.3 Å². The van der Waals surface area contributed by atoms with Gasteiger partial charge in [-0.25, -0.2) is 23.4 Å². The molecule has 0 saturated heterocycles. The Hall–Kier alpha value is -2.07. The van der Waals surface area contributed by atoms with Gasteiger partial charge in [-0.2, -0.15) is 0 Å². The van der Waals surface area contributed by atoms with E-state index in [9.17, 15) is 13.5 Å². The fourth-order valence-electron chi connectivity index (χ4n) is 2.51. The van der Waals surface area contributed by atoms with Gasteiger partial charge in [-0.05, 0) is 11.6 Å². The van der Waals surface area contributed by atoms with Gasteiger partial charge in [0.15, 0.2) is 26.9 Å². The smallest absolute Gasteiger partial charge is 0.183 e. The number of imidazole rings is 1. The summed E-state index contributed by atoms with van der Waals surface area (Å²) in [4.78, 5) is 12.1. The number of aliphatic hydroxyl groups excluding tert-OH is 1. The van der Waals surface area contributed by atoms with Crippen LogP contribution in [0.3, 0.4) is 0 Å². The molecular weight excluding hydrogens is 368 g/mol. The quantitative estimate of drug-likeness (QED) is 0.645. The van der Waals surface area contributed by atoms with Gasteiger partial charge in [0.2, 0.25) is 0 Å². The van der Waals surface area contributed by atoms with Crippen LogP contribution < -0.4 is 0 Å². The first-order valence-corrected chi connectivity index (χ1v) is 9.28. The van der Waals surface area contributed by atoms with Crippen molar-refractivity contribution in [2.45, 2.75) is 17.7 Å². The van der Waals surface area contributed by atoms with Crippen LogP contribution in [0.2, 0.25) is 5.15 Å². The van der Waals surface area contributed by atoms with E-state index in [2.05, 4.69) is 15.0 Å². The Morgan fingerprint density at radius 2 is 2.04 bits per heavy atom. The van der Waals surface area contributed by atoms with Crippen molar-refractivity contribution in [1.82, 2.24) is 19.5 Å². The molecule has 1 atom stereocenters. The van der Waals surface area contributed by atoms with Gasteiger partial charge < -0.3 is 9.84 Å². The number of hydrogen-bond donors (Lipinski definition) is 1. The largest absolute Gasteiger partial charge is 0.392 e. The molecule has 0 aliphatic heterocycles. The zero-order valence-electron chi connectivity index (χ0n) is 13.2. The van der Waals surface area contributed by atoms with Crippen LogP contribution in [0.25, 0.3) is 11.2 Å². The maximum atomic E-state index is 12.8. The van der Waals surface area contributed by atoms with Crippen LogP contribution in [0.15, 0.2) is 41.8 Å². The molecular formula is C15H15ClN4O4S. The second-order valence-corrected chi connectivity index (χ2v) is 7.59. The summed E-state index contributed by atoms with van der Waals surface area (Å²) in [5.41, 5.74) is 1.06. The van der Waals surface area contributed by atoms with E-state index in [0.29, 0.717) is 16.7 Å². The van der Waals surface area contributed by atoms with Crippen LogP contribution in [0.1, 0.15) is 11.8 Å². The number of methoxy groups -OCH3 is 1. The average Bonchev–Trinajstić information content (AvgIpc) is 3.05. The molecule has 1 aromatic carbocycles. The molecule has 2 heterocycles. The standard InChI is InChI=1S/C15H15ClN4O4S/c1-24-12(20-9-19-13-14(16)17-8-18-15(13)20)7-25(22,23)11-5-3-2-4-10(11)6-21/h2-5,8-9,12,21H,6-7H2,1H3. The number of hydrogen-bond acceptors (Lipinski definition) is 7. The highest BCUT2D eigenvalue weighted by Gasteiger charge is 2.26. The lowest BCUT2D eigenvalue weighted by atomic mass is 10.2. The van der Waals surface area contributed by atoms with Gasteiger partial charge in [-0.15, -0.1) is 0 Å². The lowest BCUT2D eigenvalue weighted by molar-refractivity contribution is 0.0659. The Labute approximate surface area is 149 Å². The summed E-state index contributed by atoms with van der Waals surface area (Å²) < 4.78 is 32.4. The molecule has 0 fully saturated rings. The van der Waals surface area contributed by atoms with Gasteiger partial charge in [-0.3, -0.25) is 4.57 Å². The second kappa shape index (κ2) is 7.04. The summed E-state index contributed by atoms with van der Waals surface area (Å²) in [6.45, 7) is -0.371. The third-order valence-corrected chi connectivity index (χ3v) is 5.81. The first kappa shape index (κ1) is 17.7. The van der Waals surface area contributed by atoms with Crippen molar-refractivity contribution in [3.8, 4) is 0 Å². The van der Waals surface area contributed by atoms with Crippen LogP contribution in [-0.2, 0) is 21.2 Å². The molecule has 0 radical (unpaired) electrons. The summed E-state index contributed by atoms with van der Waals surface area (Å²) in [7, 11) is -2.33. The van der Waals surface area contributed by atoms with Gasteiger partial charge in [0.05, 0.1) is 17.8 Å². The van der Waals surface area contributed by atoms with Crippen molar-refractivity contribution in [3.63, 3.8) is 0 Å². The van der Waals surface area contributed by atoms with Gasteiger partial charge in [-0.1, -0.05) is 29.8 Å². The van der Waals surface area contributed by atoms with Gasteiger partial charge in [0.1, 0.15) is 17.6 Å². The molecule has 0 aliphatic carbocycles. The molecule has 0 spiro atoms. The minimum Gasteiger partial charge on any atom is -0.392 e. The number of halogens is 1. The van der Waals surface area contributed by atoms with E-state index >= 15 is 0 Å². The molecule has 3 rings (SSSR count). The normalized spacial score (nSPS) is 13.2. The van der Waals surface area contributed by atoms with Crippen LogP contribution in [0.4, 0.5) is 0 Å². The molecule has 3 aromatic rings. The highest BCUT2D eigenvalue weighted by molar-refractivity contribution is 7.91. The number of fused-ring (bicyclic) bond motifs is 1. The Kier molecular flexibility index (Phi) is 5.00. The number of nitrogens with zero attached hydrogens (tertiary/aromatic N) is 4. The van der Waals surface area contributed by atoms with Crippen molar-refractivity contribution >= 4 is 32.6 Å². The van der Waals surface area contributed by atoms with E-state index in [1.807, 2.05) is 0 Å². The van der Waals surface area contributed by atoms with E-state index < -0.39 is 16.1 Å². The third-order valence-electron chi connectivity index (χ3n) is 3.74. The van der Waals surface area contributed by atoms with Crippen molar-refractivity contribution < 1.29 is 18.3 Å². The number of aliphatic hydroxyl groups is 1. The average molecular weight is 383 g/mol. The highest BCUT2D eigenvalue weighted by atomic mass is 35.5. The number of aromatic nitrogens is 4. The number of benzene rings is 1. The molecule has 25 heavy (non-hydrogen) atoms. The van der Waals surface area contributed by atoms with E-state index in [1.165, 1.54) is 30.4 Å². The van der Waals surface area contributed by atoms with E-state index in [0.717, 1.165) is 0 Å². The predicted molar refractivity (Wildman–Crippen MR) is 90.8 cm³/mol. The topological polar surface area (TPSA) is 107 Å². The van der Waals surface area contributed by atoms with Crippen molar-refractivity contribution in [1.29, 1.82) is 0 Å². The SMILES string of the molecule is COC(CS(=O)(=O)c1ccccc1CO)n1cnc2c(Cl)ncnc21. The van der Waals surface area contributed by atoms with E-state index in [-0.39, 0.29) is 22.4 Å². The van der Waals surface area contributed by atoms with Crippen LogP contribution in [0, 0.1) is 0 Å². The third kappa shape index (κ3) is 3.36. The fraction of sp³-hybridized carbons (Fsp3) is 0.267. The number of ether oxygens (including phenoxy) is 1. The number of sulfone groups is 1. The maximum Gasteiger partial charge on any atom is 0.183 e. The summed E-state index contributed by atoms with van der Waals surface area (Å²) >= 11 is 5.97. The Morgan fingerprint density at radius 1 is 1.28 bits per heavy atom. The summed E-state index contributed by atoms with van der Waals surface area (Å²) in [5.74, 6) is -0.354. The van der Waals surface area contributed by atoms with E-state index in [1.54, 1.807) is 18.2 Å². The number of rotatable bonds is 6. The zero-order valence-corrected chi connectivity index (χ0v) is 14.8. The highest BCUT2D eigenvalue weighted by Crippen LogP contribution is 2.25. The first-order chi connectivity index (χ1) is 12.0. The first-order valence-electron chi connectivity index (χ1n) is 7.25. The zero-order chi connectivity index (χ0) is 18.0. The van der Waals surface area contributed by atoms with Crippen molar-refractivity contribution in [2.24, 2.45) is 0 Å². The van der Waals surface area contributed by atoms with Crippen molar-refractivity contribution in [2.75, 3.05) is 12.9 Å². The molecule has 0 aliphatic rings. The summed E-state index contributed by atoms with van der Waals surface area (Å²) in [6.07, 6.45) is 1.81. The minimum absolute atomic E-state index is 0.0663. The molecule has 0 amide bonds. The molecule has 1 N–H and O–H groups in total. The van der Waals surface area contributed by atoms with Crippen LogP contribution in [-0.4, -0.2) is 45.9 Å². The monoisotopic (exact) mass is 382 g/mol. The summed E-state index contributed by atoms with van der Waals surface area (Å²) in [5, 5.41) is 9.56. The van der Waals surface area contributed by atoms with Gasteiger partial charge >= 0.3 is 0 Å². The van der Waals surface area contributed by atoms with Gasteiger partial charge in [0, 0.05) is 7.11 Å². The molecule has 2 aromatic heterocycles. The fourth-order valence-corrected chi connectivity index (χ4v) is 4.36. The van der Waals surface area contributed by atoms with Crippen molar-refractivity contribution in [3.05, 3.63) is 47.6 Å². The Bertz CT molecular complexity index is 1010. The van der Waals surface area contributed by atoms with Crippen LogP contribution in [0.5, 0.6) is 0 Å². The van der Waals surface area contributed by atoms with Crippen LogP contribution >= 0.6 is 11.6 Å². The lowest BCUT2D eigenvalue weighted by Gasteiger charge is -2.18. The molecule has 8 nitrogen and oxygen atoms in total. The minimum atomic E-state index is -3.73. The maximum absolute atomic E-state index is 12.8.